The van der Waals surface area contributed by atoms with E-state index in [0.717, 1.165) is 16.5 Å². The third kappa shape index (κ3) is 3.73. The third-order valence-corrected chi connectivity index (χ3v) is 4.30. The molecule has 1 aromatic heterocycles. The number of thiophene rings is 1. The van der Waals surface area contributed by atoms with E-state index < -0.39 is 24.3 Å². The minimum atomic E-state index is -0.919. The monoisotopic (exact) mass is 332 g/mol. The van der Waals surface area contributed by atoms with Crippen molar-refractivity contribution in [3.05, 3.63) is 51.7 Å². The maximum atomic E-state index is 13.4. The van der Waals surface area contributed by atoms with Gasteiger partial charge in [0.2, 0.25) is 0 Å². The molecule has 0 unspecified atom stereocenters. The first-order valence-electron chi connectivity index (χ1n) is 6.65. The molecule has 0 bridgehead atoms. The first kappa shape index (κ1) is 16.6. The molecule has 0 aliphatic carbocycles. The molecule has 0 aliphatic rings. The maximum absolute atomic E-state index is 13.4. The Morgan fingerprint density at radius 1 is 1.35 bits per heavy atom. The molecule has 5 nitrogen and oxygen atoms in total. The zero-order valence-electron chi connectivity index (χ0n) is 12.5. The Morgan fingerprint density at radius 2 is 2.04 bits per heavy atom. The van der Waals surface area contributed by atoms with Gasteiger partial charge >= 0.3 is 5.97 Å². The van der Waals surface area contributed by atoms with E-state index in [0.29, 0.717) is 10.6 Å². The summed E-state index contributed by atoms with van der Waals surface area (Å²) in [7, 11) is 0. The number of ether oxygens (including phenoxy) is 1. The Balaban J connectivity index is 1.99. The van der Waals surface area contributed by atoms with E-state index in [1.165, 1.54) is 29.5 Å². The van der Waals surface area contributed by atoms with Crippen molar-refractivity contribution in [2.45, 2.75) is 13.8 Å². The number of carbonyl (C=O) groups excluding carboxylic acids is 2. The Morgan fingerprint density at radius 3 is 2.70 bits per heavy atom. The van der Waals surface area contributed by atoms with Crippen LogP contribution in [0.2, 0.25) is 0 Å². The fourth-order valence-electron chi connectivity index (χ4n) is 1.85. The molecule has 2 aromatic rings. The van der Waals surface area contributed by atoms with Crippen LogP contribution in [0.4, 0.5) is 9.39 Å². The number of hydrogen-bond acceptors (Lipinski definition) is 5. The summed E-state index contributed by atoms with van der Waals surface area (Å²) in [6, 6.07) is 7.38. The van der Waals surface area contributed by atoms with E-state index in [1.54, 1.807) is 6.92 Å². The van der Waals surface area contributed by atoms with E-state index in [9.17, 15) is 14.0 Å². The molecule has 0 radical (unpaired) electrons. The number of amides is 1. The minimum absolute atomic E-state index is 0.235. The van der Waals surface area contributed by atoms with Crippen LogP contribution in [0.3, 0.4) is 0 Å². The molecule has 7 heteroatoms. The van der Waals surface area contributed by atoms with Gasteiger partial charge in [0, 0.05) is 4.88 Å². The van der Waals surface area contributed by atoms with Crippen molar-refractivity contribution in [3.63, 3.8) is 0 Å². The Bertz CT molecular complexity index is 808. The number of anilines is 1. The molecule has 0 saturated heterocycles. The highest BCUT2D eigenvalue weighted by atomic mass is 32.1. The molecule has 1 heterocycles. The van der Waals surface area contributed by atoms with E-state index in [1.807, 2.05) is 13.0 Å². The number of rotatable bonds is 4. The molecule has 0 atom stereocenters. The summed E-state index contributed by atoms with van der Waals surface area (Å²) in [5.74, 6) is -2.22. The van der Waals surface area contributed by atoms with E-state index in [4.69, 9.17) is 10.00 Å². The molecule has 1 amide bonds. The van der Waals surface area contributed by atoms with Crippen molar-refractivity contribution in [1.29, 1.82) is 5.26 Å². The molecule has 118 valence electrons. The second kappa shape index (κ2) is 7.03. The van der Waals surface area contributed by atoms with Crippen molar-refractivity contribution in [3.8, 4) is 6.07 Å². The summed E-state index contributed by atoms with van der Waals surface area (Å²) in [6.45, 7) is 3.07. The van der Waals surface area contributed by atoms with Gasteiger partial charge in [0.25, 0.3) is 5.91 Å². The lowest BCUT2D eigenvalue weighted by molar-refractivity contribution is -0.119. The maximum Gasteiger partial charge on any atom is 0.341 e. The van der Waals surface area contributed by atoms with Crippen molar-refractivity contribution in [2.75, 3.05) is 11.9 Å². The summed E-state index contributed by atoms with van der Waals surface area (Å²) < 4.78 is 18.2. The van der Waals surface area contributed by atoms with Gasteiger partial charge in [-0.15, -0.1) is 11.3 Å². The van der Waals surface area contributed by atoms with Crippen molar-refractivity contribution in [2.24, 2.45) is 0 Å². The second-order valence-electron chi connectivity index (χ2n) is 4.70. The lowest BCUT2D eigenvalue weighted by Crippen LogP contribution is -2.21. The first-order valence-corrected chi connectivity index (χ1v) is 7.47. The van der Waals surface area contributed by atoms with Crippen LogP contribution < -0.4 is 5.32 Å². The third-order valence-electron chi connectivity index (χ3n) is 3.18. The lowest BCUT2D eigenvalue weighted by Gasteiger charge is -2.06. The topological polar surface area (TPSA) is 79.2 Å². The van der Waals surface area contributed by atoms with E-state index in [2.05, 4.69) is 5.32 Å². The molecule has 1 N–H and O–H groups in total. The largest absolute Gasteiger partial charge is 0.452 e. The van der Waals surface area contributed by atoms with Crippen molar-refractivity contribution >= 4 is 28.2 Å². The number of nitrogens with one attached hydrogen (secondary N) is 1. The summed E-state index contributed by atoms with van der Waals surface area (Å²) in [4.78, 5) is 24.5. The van der Waals surface area contributed by atoms with Crippen LogP contribution in [0.25, 0.3) is 0 Å². The molecule has 23 heavy (non-hydrogen) atoms. The van der Waals surface area contributed by atoms with Gasteiger partial charge in [-0.2, -0.15) is 5.26 Å². The standard InChI is InChI=1S/C16H13FN2O3S/c1-9-10(2)23-15(12(9)7-18)19-14(20)8-22-16(21)11-5-3-4-6-13(11)17/h3-6H,8H2,1-2H3,(H,19,20). The Hall–Kier alpha value is -2.72. The van der Waals surface area contributed by atoms with Crippen LogP contribution in [0, 0.1) is 31.0 Å². The van der Waals surface area contributed by atoms with Crippen LogP contribution in [0.5, 0.6) is 0 Å². The average molecular weight is 332 g/mol. The number of nitrogens with zero attached hydrogens (tertiary/aromatic N) is 1. The molecular formula is C16H13FN2O3S. The van der Waals surface area contributed by atoms with Gasteiger partial charge < -0.3 is 10.1 Å². The summed E-state index contributed by atoms with van der Waals surface area (Å²) in [5.41, 5.74) is 0.957. The fourth-order valence-corrected chi connectivity index (χ4v) is 2.87. The second-order valence-corrected chi connectivity index (χ2v) is 5.93. The predicted octanol–water partition coefficient (Wildman–Crippen LogP) is 3.17. The molecular weight excluding hydrogens is 319 g/mol. The van der Waals surface area contributed by atoms with Crippen LogP contribution in [-0.2, 0) is 9.53 Å². The smallest absolute Gasteiger partial charge is 0.341 e. The highest BCUT2D eigenvalue weighted by Gasteiger charge is 2.17. The van der Waals surface area contributed by atoms with E-state index >= 15 is 0 Å². The van der Waals surface area contributed by atoms with Gasteiger partial charge in [0.05, 0.1) is 11.1 Å². The molecule has 0 saturated carbocycles. The van der Waals surface area contributed by atoms with Crippen LogP contribution >= 0.6 is 11.3 Å². The quantitative estimate of drug-likeness (QED) is 0.872. The Labute approximate surface area is 136 Å². The minimum Gasteiger partial charge on any atom is -0.452 e. The molecule has 0 aliphatic heterocycles. The zero-order valence-corrected chi connectivity index (χ0v) is 13.3. The van der Waals surface area contributed by atoms with Gasteiger partial charge in [-0.05, 0) is 31.5 Å². The summed E-state index contributed by atoms with van der Waals surface area (Å²) in [6.07, 6.45) is 0. The zero-order chi connectivity index (χ0) is 17.0. The average Bonchev–Trinajstić information content (AvgIpc) is 2.79. The van der Waals surface area contributed by atoms with Gasteiger partial charge in [0.1, 0.15) is 16.9 Å². The highest BCUT2D eigenvalue weighted by molar-refractivity contribution is 7.16. The molecule has 0 spiro atoms. The number of aryl methyl sites for hydroxylation is 1. The summed E-state index contributed by atoms with van der Waals surface area (Å²) >= 11 is 1.27. The van der Waals surface area contributed by atoms with Crippen molar-refractivity contribution in [1.82, 2.24) is 0 Å². The normalized spacial score (nSPS) is 10.0. The Kier molecular flexibility index (Phi) is 5.09. The summed E-state index contributed by atoms with van der Waals surface area (Å²) in [5, 5.41) is 12.0. The first-order chi connectivity index (χ1) is 10.9. The van der Waals surface area contributed by atoms with Gasteiger partial charge in [-0.3, -0.25) is 4.79 Å². The van der Waals surface area contributed by atoms with Crippen LogP contribution in [-0.4, -0.2) is 18.5 Å². The lowest BCUT2D eigenvalue weighted by atomic mass is 10.2. The van der Waals surface area contributed by atoms with E-state index in [-0.39, 0.29) is 5.56 Å². The van der Waals surface area contributed by atoms with Crippen LogP contribution in [0.15, 0.2) is 24.3 Å². The number of benzene rings is 1. The highest BCUT2D eigenvalue weighted by Crippen LogP contribution is 2.31. The van der Waals surface area contributed by atoms with Crippen molar-refractivity contribution < 1.29 is 18.7 Å². The number of carbonyl (C=O) groups is 2. The number of nitriles is 1. The number of hydrogen-bond donors (Lipinski definition) is 1. The fraction of sp³-hybridized carbons (Fsp3) is 0.188. The van der Waals surface area contributed by atoms with Gasteiger partial charge in [-0.25, -0.2) is 9.18 Å². The van der Waals surface area contributed by atoms with Gasteiger partial charge in [-0.1, -0.05) is 12.1 Å². The number of halogens is 1. The van der Waals surface area contributed by atoms with Crippen LogP contribution in [0.1, 0.15) is 26.4 Å². The molecule has 0 fully saturated rings. The van der Waals surface area contributed by atoms with Gasteiger partial charge in [0.15, 0.2) is 6.61 Å². The predicted molar refractivity (Wildman–Crippen MR) is 83.8 cm³/mol. The SMILES string of the molecule is Cc1sc(NC(=O)COC(=O)c2ccccc2F)c(C#N)c1C. The molecule has 2 rings (SSSR count). The number of esters is 1. The molecule has 1 aromatic carbocycles.